The lowest BCUT2D eigenvalue weighted by atomic mass is 9.98. The summed E-state index contributed by atoms with van der Waals surface area (Å²) >= 11 is 0. The van der Waals surface area contributed by atoms with Crippen molar-refractivity contribution in [3.05, 3.63) is 83.9 Å². The molecule has 3 aromatic carbocycles. The lowest BCUT2D eigenvalue weighted by molar-refractivity contribution is -0.127. The summed E-state index contributed by atoms with van der Waals surface area (Å²) in [7, 11) is 0. The van der Waals surface area contributed by atoms with Crippen LogP contribution in [0.1, 0.15) is 44.4 Å². The van der Waals surface area contributed by atoms with E-state index in [9.17, 15) is 14.4 Å². The van der Waals surface area contributed by atoms with Gasteiger partial charge in [0.05, 0.1) is 5.52 Å². The van der Waals surface area contributed by atoms with Crippen LogP contribution in [0.4, 0.5) is 11.4 Å². The SMILES string of the molecule is CC(=O)Nc1ccc(N(C(=O)Cn2nnc3ccccc32)[C@H](C(=O)NCCC(C)C)c2ccccc2C)cc1. The fraction of sp³-hybridized carbons (Fsp3) is 0.300. The number of carbonyl (C=O) groups excluding carboxylic acids is 3. The largest absolute Gasteiger partial charge is 0.354 e. The molecule has 0 aliphatic heterocycles. The van der Waals surface area contributed by atoms with Crippen LogP contribution in [0.25, 0.3) is 11.0 Å². The monoisotopic (exact) mass is 526 g/mol. The Morgan fingerprint density at radius 1 is 0.949 bits per heavy atom. The Kier molecular flexibility index (Phi) is 8.70. The van der Waals surface area contributed by atoms with Crippen LogP contribution in [0.15, 0.2) is 72.8 Å². The molecule has 39 heavy (non-hydrogen) atoms. The second-order valence-corrected chi connectivity index (χ2v) is 9.96. The van der Waals surface area contributed by atoms with Crippen molar-refractivity contribution in [1.29, 1.82) is 0 Å². The quantitative estimate of drug-likeness (QED) is 0.313. The molecular weight excluding hydrogens is 492 g/mol. The summed E-state index contributed by atoms with van der Waals surface area (Å²) in [5.41, 5.74) is 4.13. The van der Waals surface area contributed by atoms with Gasteiger partial charge in [0.1, 0.15) is 18.1 Å². The molecule has 0 saturated carbocycles. The lowest BCUT2D eigenvalue weighted by Crippen LogP contribution is -2.46. The van der Waals surface area contributed by atoms with Crippen molar-refractivity contribution in [3.8, 4) is 0 Å². The highest BCUT2D eigenvalue weighted by Gasteiger charge is 2.34. The van der Waals surface area contributed by atoms with E-state index in [0.29, 0.717) is 29.4 Å². The average Bonchev–Trinajstić information content (AvgIpc) is 3.30. The molecule has 0 radical (unpaired) electrons. The number of nitrogens with one attached hydrogen (secondary N) is 2. The van der Waals surface area contributed by atoms with Gasteiger partial charge in [-0.1, -0.05) is 55.5 Å². The molecule has 4 aromatic rings. The molecule has 1 atom stereocenters. The predicted molar refractivity (Wildman–Crippen MR) is 152 cm³/mol. The second kappa shape index (κ2) is 12.3. The molecule has 0 bridgehead atoms. The number of aryl methyl sites for hydroxylation is 1. The topological polar surface area (TPSA) is 109 Å². The minimum absolute atomic E-state index is 0.115. The Morgan fingerprint density at radius 3 is 2.33 bits per heavy atom. The minimum Gasteiger partial charge on any atom is -0.354 e. The number of nitrogens with zero attached hydrogens (tertiary/aromatic N) is 4. The summed E-state index contributed by atoms with van der Waals surface area (Å²) in [5.74, 6) is -0.379. The molecule has 9 heteroatoms. The van der Waals surface area contributed by atoms with E-state index in [4.69, 9.17) is 0 Å². The average molecular weight is 527 g/mol. The highest BCUT2D eigenvalue weighted by molar-refractivity contribution is 6.02. The summed E-state index contributed by atoms with van der Waals surface area (Å²) in [5, 5.41) is 14.2. The Balaban J connectivity index is 1.78. The van der Waals surface area contributed by atoms with Crippen LogP contribution in [-0.4, -0.2) is 39.3 Å². The fourth-order valence-corrected chi connectivity index (χ4v) is 4.46. The van der Waals surface area contributed by atoms with E-state index < -0.39 is 6.04 Å². The van der Waals surface area contributed by atoms with Crippen molar-refractivity contribution in [2.24, 2.45) is 5.92 Å². The zero-order valence-electron chi connectivity index (χ0n) is 22.7. The number of anilines is 2. The minimum atomic E-state index is -0.924. The number of benzene rings is 3. The van der Waals surface area contributed by atoms with Crippen molar-refractivity contribution in [1.82, 2.24) is 20.3 Å². The van der Waals surface area contributed by atoms with Crippen molar-refractivity contribution in [2.75, 3.05) is 16.8 Å². The molecule has 2 N–H and O–H groups in total. The maximum atomic E-state index is 14.1. The summed E-state index contributed by atoms with van der Waals surface area (Å²) < 4.78 is 1.54. The van der Waals surface area contributed by atoms with E-state index in [1.54, 1.807) is 28.9 Å². The van der Waals surface area contributed by atoms with E-state index in [-0.39, 0.29) is 24.3 Å². The maximum absolute atomic E-state index is 14.1. The molecule has 0 unspecified atom stereocenters. The van der Waals surface area contributed by atoms with Crippen LogP contribution in [0, 0.1) is 12.8 Å². The first-order valence-corrected chi connectivity index (χ1v) is 13.1. The number of fused-ring (bicyclic) bond motifs is 1. The van der Waals surface area contributed by atoms with Crippen molar-refractivity contribution >= 4 is 40.1 Å². The van der Waals surface area contributed by atoms with Gasteiger partial charge < -0.3 is 10.6 Å². The van der Waals surface area contributed by atoms with Gasteiger partial charge in [0, 0.05) is 24.8 Å². The van der Waals surface area contributed by atoms with Gasteiger partial charge in [-0.3, -0.25) is 19.3 Å². The van der Waals surface area contributed by atoms with Gasteiger partial charge >= 0.3 is 0 Å². The van der Waals surface area contributed by atoms with Crippen LogP contribution in [0.5, 0.6) is 0 Å². The van der Waals surface area contributed by atoms with Crippen LogP contribution in [0.3, 0.4) is 0 Å². The molecule has 4 rings (SSSR count). The van der Waals surface area contributed by atoms with Gasteiger partial charge in [-0.05, 0) is 66.8 Å². The number of hydrogen-bond acceptors (Lipinski definition) is 5. The summed E-state index contributed by atoms with van der Waals surface area (Å²) in [6.45, 7) is 7.94. The zero-order valence-corrected chi connectivity index (χ0v) is 22.7. The van der Waals surface area contributed by atoms with E-state index in [0.717, 1.165) is 23.1 Å². The van der Waals surface area contributed by atoms with Crippen molar-refractivity contribution in [2.45, 2.75) is 46.7 Å². The van der Waals surface area contributed by atoms with Crippen LogP contribution < -0.4 is 15.5 Å². The molecule has 1 heterocycles. The first-order valence-electron chi connectivity index (χ1n) is 13.1. The van der Waals surface area contributed by atoms with Gasteiger partial charge in [-0.2, -0.15) is 0 Å². The third kappa shape index (κ3) is 6.67. The lowest BCUT2D eigenvalue weighted by Gasteiger charge is -2.32. The number of rotatable bonds is 10. The fourth-order valence-electron chi connectivity index (χ4n) is 4.46. The number of para-hydroxylation sites is 1. The highest BCUT2D eigenvalue weighted by Crippen LogP contribution is 2.31. The number of amides is 3. The number of carbonyl (C=O) groups is 3. The van der Waals surface area contributed by atoms with Crippen molar-refractivity contribution < 1.29 is 14.4 Å². The van der Waals surface area contributed by atoms with E-state index >= 15 is 0 Å². The third-order valence-corrected chi connectivity index (χ3v) is 6.45. The molecule has 3 amide bonds. The smallest absolute Gasteiger partial charge is 0.249 e. The molecular formula is C30H34N6O3. The highest BCUT2D eigenvalue weighted by atomic mass is 16.2. The number of hydrogen-bond donors (Lipinski definition) is 2. The van der Waals surface area contributed by atoms with Crippen LogP contribution >= 0.6 is 0 Å². The van der Waals surface area contributed by atoms with Gasteiger partial charge in [-0.25, -0.2) is 4.68 Å². The summed E-state index contributed by atoms with van der Waals surface area (Å²) in [4.78, 5) is 41.0. The summed E-state index contributed by atoms with van der Waals surface area (Å²) in [6.07, 6.45) is 0.816. The normalized spacial score (nSPS) is 11.8. The molecule has 9 nitrogen and oxygen atoms in total. The first-order chi connectivity index (χ1) is 18.7. The molecule has 0 saturated heterocycles. The van der Waals surface area contributed by atoms with Gasteiger partial charge in [-0.15, -0.1) is 5.10 Å². The molecule has 0 aliphatic rings. The predicted octanol–water partition coefficient (Wildman–Crippen LogP) is 4.63. The molecule has 1 aromatic heterocycles. The Morgan fingerprint density at radius 2 is 1.64 bits per heavy atom. The summed E-state index contributed by atoms with van der Waals surface area (Å²) in [6, 6.07) is 21.0. The van der Waals surface area contributed by atoms with Gasteiger partial charge in [0.2, 0.25) is 17.7 Å². The second-order valence-electron chi connectivity index (χ2n) is 9.96. The van der Waals surface area contributed by atoms with E-state index in [1.165, 1.54) is 11.8 Å². The molecule has 0 fully saturated rings. The van der Waals surface area contributed by atoms with Crippen LogP contribution in [-0.2, 0) is 20.9 Å². The standard InChI is InChI=1S/C30H34N6O3/c1-20(2)17-18-31-30(39)29(25-10-6-5-9-21(25)3)36(24-15-13-23(14-16-24)32-22(4)37)28(38)19-35-27-12-8-7-11-26(27)33-34-35/h5-16,20,29H,17-19H2,1-4H3,(H,31,39)(H,32,37)/t29-/m0/s1. The van der Waals surface area contributed by atoms with Crippen LogP contribution in [0.2, 0.25) is 0 Å². The maximum Gasteiger partial charge on any atom is 0.249 e. The number of aromatic nitrogens is 3. The third-order valence-electron chi connectivity index (χ3n) is 6.45. The van der Waals surface area contributed by atoms with E-state index in [1.807, 2.05) is 55.5 Å². The van der Waals surface area contributed by atoms with Crippen molar-refractivity contribution in [3.63, 3.8) is 0 Å². The Hall–Kier alpha value is -4.53. The molecule has 0 spiro atoms. The molecule has 0 aliphatic carbocycles. The Bertz CT molecular complexity index is 1460. The first kappa shape index (κ1) is 27.5. The zero-order chi connectivity index (χ0) is 27.9. The Labute approximate surface area is 228 Å². The van der Waals surface area contributed by atoms with E-state index in [2.05, 4.69) is 34.8 Å². The molecule has 202 valence electrons. The van der Waals surface area contributed by atoms with Gasteiger partial charge in [0.15, 0.2) is 0 Å². The van der Waals surface area contributed by atoms with Gasteiger partial charge in [0.25, 0.3) is 0 Å².